The van der Waals surface area contributed by atoms with Crippen LogP contribution in [0.25, 0.3) is 0 Å². The van der Waals surface area contributed by atoms with Crippen molar-refractivity contribution in [2.24, 2.45) is 17.8 Å². The number of likely N-dealkylation sites (N-methyl/N-ethyl adjacent to an activating group) is 1. The Hall–Kier alpha value is -2.08. The Kier molecular flexibility index (Phi) is 19.5. The fourth-order valence-corrected chi connectivity index (χ4v) is 11.5. The number of esters is 1. The molecule has 0 amide bonds. The first-order chi connectivity index (χ1) is 30.6. The molecule has 4 rings (SSSR count). The predicted octanol–water partition coefficient (Wildman–Crippen LogP) is 2.68. The lowest BCUT2D eigenvalue weighted by Crippen LogP contribution is -2.70. The van der Waals surface area contributed by atoms with Crippen LogP contribution in [-0.4, -0.2) is 175 Å². The number of para-hydroxylation sites is 1. The second-order valence-electron chi connectivity index (χ2n) is 20.1. The normalized spacial score (nSPS) is 42.6. The van der Waals surface area contributed by atoms with Crippen molar-refractivity contribution >= 4 is 21.9 Å². The van der Waals surface area contributed by atoms with E-state index >= 15 is 0 Å². The number of benzene rings is 1. The van der Waals surface area contributed by atoms with Crippen LogP contribution in [0.2, 0.25) is 0 Å². The molecule has 382 valence electrons. The minimum atomic E-state index is -4.19. The lowest BCUT2D eigenvalue weighted by Gasteiger charge is -2.53. The molecule has 0 aliphatic carbocycles. The summed E-state index contributed by atoms with van der Waals surface area (Å²) < 4.78 is 68.9. The van der Waals surface area contributed by atoms with Crippen LogP contribution in [0, 0.1) is 17.8 Å². The van der Waals surface area contributed by atoms with E-state index in [1.165, 1.54) is 28.1 Å². The molecule has 3 fully saturated rings. The monoisotopic (exact) mass is 961 g/mol. The van der Waals surface area contributed by atoms with Gasteiger partial charge in [0.05, 0.1) is 47.7 Å². The lowest BCUT2D eigenvalue weighted by atomic mass is 9.75. The van der Waals surface area contributed by atoms with Gasteiger partial charge in [0.15, 0.2) is 12.6 Å². The van der Waals surface area contributed by atoms with E-state index in [1.807, 2.05) is 13.8 Å². The van der Waals surface area contributed by atoms with E-state index in [0.29, 0.717) is 12.2 Å². The molecule has 0 saturated carbocycles. The van der Waals surface area contributed by atoms with E-state index in [9.17, 15) is 38.7 Å². The summed E-state index contributed by atoms with van der Waals surface area (Å²) in [6, 6.07) is 6.87. The van der Waals surface area contributed by atoms with Gasteiger partial charge in [0.25, 0.3) is 0 Å². The van der Waals surface area contributed by atoms with Crippen molar-refractivity contribution in [3.63, 3.8) is 0 Å². The van der Waals surface area contributed by atoms with Crippen molar-refractivity contribution < 1.29 is 67.2 Å². The highest BCUT2D eigenvalue weighted by molar-refractivity contribution is 7.90. The first-order valence-corrected chi connectivity index (χ1v) is 25.1. The van der Waals surface area contributed by atoms with E-state index in [4.69, 9.17) is 28.4 Å². The Bertz CT molecular complexity index is 1800. The van der Waals surface area contributed by atoms with Gasteiger partial charge in [-0.2, -0.15) is 12.7 Å². The zero-order valence-electron chi connectivity index (χ0n) is 41.8. The first kappa shape index (κ1) is 56.5. The molecule has 1 aromatic carbocycles. The molecule has 18 atom stereocenters. The molecular weight excluding hydrogens is 877 g/mol. The SMILES string of the molecule is CCCNC[C@]1(O)[C@H](C)O[C@@H](O[C@H]2[C@H](C)[C@@H](O[C@@H]3O[C@H](C)C[C@H](N(C)S(=O)(=O)N(C)c4ccccc4)[C@H]3O)[C@](C)(O)C[C@@H](C)CN[C@H](C)[C@@H](O)[C@](C)(O)[C@@H](CC)OC(=O)[C@@H]2C)C[C@@]1(C)OC. The van der Waals surface area contributed by atoms with Crippen molar-refractivity contribution in [2.45, 2.75) is 198 Å². The van der Waals surface area contributed by atoms with Crippen LogP contribution in [0.1, 0.15) is 108 Å². The number of methoxy groups -OCH3 is 1. The van der Waals surface area contributed by atoms with Crippen LogP contribution >= 0.6 is 0 Å². The fraction of sp³-hybridized carbons (Fsp3) is 0.851. The van der Waals surface area contributed by atoms with Gasteiger partial charge in [0.2, 0.25) is 0 Å². The summed E-state index contributed by atoms with van der Waals surface area (Å²) in [5, 5.41) is 66.8. The summed E-state index contributed by atoms with van der Waals surface area (Å²) >= 11 is 0. The Morgan fingerprint density at radius 2 is 1.58 bits per heavy atom. The van der Waals surface area contributed by atoms with Crippen LogP contribution < -0.4 is 14.9 Å². The zero-order chi connectivity index (χ0) is 49.7. The minimum Gasteiger partial charge on any atom is -0.459 e. The number of hydrogen-bond donors (Lipinski definition) is 7. The van der Waals surface area contributed by atoms with Gasteiger partial charge in [0.1, 0.15) is 35.1 Å². The van der Waals surface area contributed by atoms with Crippen molar-refractivity contribution in [1.82, 2.24) is 14.9 Å². The Morgan fingerprint density at radius 3 is 2.17 bits per heavy atom. The molecule has 0 aromatic heterocycles. The van der Waals surface area contributed by atoms with Crippen LogP contribution in [0.3, 0.4) is 0 Å². The highest BCUT2D eigenvalue weighted by Crippen LogP contribution is 2.43. The van der Waals surface area contributed by atoms with Gasteiger partial charge in [-0.05, 0) is 105 Å². The molecule has 3 aliphatic rings. The molecule has 3 saturated heterocycles. The van der Waals surface area contributed by atoms with E-state index < -0.39 is 118 Å². The summed E-state index contributed by atoms with van der Waals surface area (Å²) in [6.07, 6.45) is -9.30. The molecule has 7 N–H and O–H groups in total. The molecule has 0 spiro atoms. The van der Waals surface area contributed by atoms with Gasteiger partial charge >= 0.3 is 16.2 Å². The zero-order valence-corrected chi connectivity index (χ0v) is 42.7. The van der Waals surface area contributed by atoms with E-state index in [1.54, 1.807) is 85.7 Å². The highest BCUT2D eigenvalue weighted by atomic mass is 32.2. The van der Waals surface area contributed by atoms with Gasteiger partial charge in [-0.3, -0.25) is 9.10 Å². The van der Waals surface area contributed by atoms with Crippen molar-refractivity contribution in [3.05, 3.63) is 30.3 Å². The second kappa shape index (κ2) is 22.8. The topological polar surface area (TPSA) is 238 Å². The summed E-state index contributed by atoms with van der Waals surface area (Å²) in [5.41, 5.74) is -5.91. The third kappa shape index (κ3) is 12.3. The Balaban J connectivity index is 1.82. The number of carbonyl (C=O) groups is 1. The summed E-state index contributed by atoms with van der Waals surface area (Å²) in [7, 11) is 0.141. The number of hydrogen-bond acceptors (Lipinski definition) is 16. The van der Waals surface area contributed by atoms with Gasteiger partial charge in [0, 0.05) is 46.1 Å². The van der Waals surface area contributed by atoms with E-state index in [-0.39, 0.29) is 44.7 Å². The average Bonchev–Trinajstić information content (AvgIpc) is 3.26. The molecule has 3 aliphatic heterocycles. The van der Waals surface area contributed by atoms with Crippen molar-refractivity contribution in [3.8, 4) is 0 Å². The third-order valence-corrected chi connectivity index (χ3v) is 16.6. The van der Waals surface area contributed by atoms with Crippen LogP contribution in [0.4, 0.5) is 5.69 Å². The number of anilines is 1. The molecule has 0 unspecified atom stereocenters. The molecule has 0 radical (unpaired) electrons. The summed E-state index contributed by atoms with van der Waals surface area (Å²) in [5.74, 6) is -3.13. The number of ether oxygens (including phenoxy) is 6. The summed E-state index contributed by atoms with van der Waals surface area (Å²) in [6.45, 7) is 20.1. The second-order valence-corrected chi connectivity index (χ2v) is 22.1. The van der Waals surface area contributed by atoms with E-state index in [0.717, 1.165) is 15.0 Å². The average molecular weight is 961 g/mol. The molecule has 1 aromatic rings. The molecule has 3 heterocycles. The van der Waals surface area contributed by atoms with Gasteiger partial charge in [-0.1, -0.05) is 45.9 Å². The predicted molar refractivity (Wildman–Crippen MR) is 249 cm³/mol. The molecule has 66 heavy (non-hydrogen) atoms. The lowest BCUT2D eigenvalue weighted by molar-refractivity contribution is -0.336. The third-order valence-electron chi connectivity index (χ3n) is 14.6. The maximum atomic E-state index is 14.5. The van der Waals surface area contributed by atoms with Gasteiger partial charge < -0.3 is 64.6 Å². The Morgan fingerprint density at radius 1 is 0.939 bits per heavy atom. The van der Waals surface area contributed by atoms with Crippen LogP contribution in [-0.2, 0) is 43.4 Å². The highest BCUT2D eigenvalue weighted by Gasteiger charge is 2.58. The van der Waals surface area contributed by atoms with Gasteiger partial charge in [-0.15, -0.1) is 0 Å². The van der Waals surface area contributed by atoms with Crippen LogP contribution in [0.15, 0.2) is 30.3 Å². The quantitative estimate of drug-likeness (QED) is 0.105. The Labute approximate surface area is 394 Å². The number of nitrogens with one attached hydrogen (secondary N) is 2. The maximum Gasteiger partial charge on any atom is 0.311 e. The number of nitrogens with zero attached hydrogens (tertiary/aromatic N) is 2. The minimum absolute atomic E-state index is 0.0199. The van der Waals surface area contributed by atoms with Crippen molar-refractivity contribution in [2.75, 3.05) is 45.1 Å². The van der Waals surface area contributed by atoms with E-state index in [2.05, 4.69) is 10.6 Å². The number of carbonyl (C=O) groups excluding carboxylic acids is 1. The first-order valence-electron chi connectivity index (χ1n) is 23.7. The molecule has 18 nitrogen and oxygen atoms in total. The van der Waals surface area contributed by atoms with Gasteiger partial charge in [-0.25, -0.2) is 0 Å². The van der Waals surface area contributed by atoms with Crippen molar-refractivity contribution in [1.29, 1.82) is 0 Å². The fourth-order valence-electron chi connectivity index (χ4n) is 10.2. The maximum absolute atomic E-state index is 14.5. The smallest absolute Gasteiger partial charge is 0.311 e. The molecule has 0 bridgehead atoms. The number of aliphatic hydroxyl groups excluding tert-OH is 2. The van der Waals surface area contributed by atoms with Crippen LogP contribution in [0.5, 0.6) is 0 Å². The molecule has 19 heteroatoms. The number of aliphatic hydroxyl groups is 5. The largest absolute Gasteiger partial charge is 0.459 e. The standard InChI is InChI=1S/C47H84N4O14S/c1-15-22-48-27-47(57)33(8)62-37(25-45(47,10)60-14)64-39-30(5)41(44(9,55)24-28(3)26-49-32(7)40(53)46(11,56)36(16-2)63-42(54)31(39)6)65-43-38(52)35(23-29(4)61-43)51(13)66(58,59)50(12)34-20-18-17-19-21-34/h17-21,28-33,35-41,43,48-49,52-53,55-57H,15-16,22-27H2,1-14H3/t28-,29-,30+,31-,32-,33+,35+,36-,37+,38-,39+,40-,41-,43+,44-,45-,46-,47+/m1/s1. The number of cyclic esters (lactones) is 1. The summed E-state index contributed by atoms with van der Waals surface area (Å²) in [4.78, 5) is 14.5. The molecular formula is C47H84N4O14S. The number of rotatable bonds is 14.